The normalized spacial score (nSPS) is 15.3. The van der Waals surface area contributed by atoms with E-state index in [0.29, 0.717) is 6.20 Å². The second kappa shape index (κ2) is 4.51. The summed E-state index contributed by atoms with van der Waals surface area (Å²) in [5, 5.41) is -4.42. The molecule has 0 saturated heterocycles. The summed E-state index contributed by atoms with van der Waals surface area (Å²) in [5.74, 6) is -14.5. The Morgan fingerprint density at radius 1 is 0.905 bits per heavy atom. The molecule has 1 heterocycles. The lowest BCUT2D eigenvalue weighted by Gasteiger charge is -2.32. The summed E-state index contributed by atoms with van der Waals surface area (Å²) in [4.78, 5) is 0. The van der Waals surface area contributed by atoms with Crippen molar-refractivity contribution < 1.29 is 47.9 Å². The minimum atomic E-state index is -7.28. The van der Waals surface area contributed by atoms with Gasteiger partial charge in [-0.15, -0.1) is 0 Å². The number of sulfone groups is 1. The van der Waals surface area contributed by atoms with Gasteiger partial charge in [0.15, 0.2) is 5.03 Å². The summed E-state index contributed by atoms with van der Waals surface area (Å²) in [5.41, 5.74) is 0. The van der Waals surface area contributed by atoms with Gasteiger partial charge in [-0.3, -0.25) is 5.10 Å². The van der Waals surface area contributed by atoms with Crippen LogP contribution in [0, 0.1) is 0 Å². The molecular formula is C7H3F9N2O2S. The number of halogens is 9. The monoisotopic (exact) mass is 350 g/mol. The lowest BCUT2D eigenvalue weighted by Crippen LogP contribution is -2.63. The maximum atomic E-state index is 13.2. The molecule has 1 N–H and O–H groups in total. The predicted molar refractivity (Wildman–Crippen MR) is 46.7 cm³/mol. The number of nitrogens with one attached hydrogen (secondary N) is 1. The molecule has 14 heteroatoms. The Balaban J connectivity index is 3.49. The third-order valence-corrected chi connectivity index (χ3v) is 3.96. The van der Waals surface area contributed by atoms with Gasteiger partial charge in [-0.2, -0.15) is 44.6 Å². The molecule has 0 fully saturated rings. The second-order valence-corrected chi connectivity index (χ2v) is 5.55. The molecule has 1 rings (SSSR count). The topological polar surface area (TPSA) is 62.8 Å². The fourth-order valence-corrected chi connectivity index (χ4v) is 2.22. The summed E-state index contributed by atoms with van der Waals surface area (Å²) in [7, 11) is -6.58. The molecule has 0 bridgehead atoms. The first kappa shape index (κ1) is 17.6. The Bertz CT molecular complexity index is 605. The van der Waals surface area contributed by atoms with Crippen LogP contribution in [0.3, 0.4) is 0 Å². The average Bonchev–Trinajstić information content (AvgIpc) is 2.80. The molecule has 0 aromatic carbocycles. The highest BCUT2D eigenvalue weighted by molar-refractivity contribution is 7.92. The standard InChI is InChI=1S/C7H3F9N2O2S/c8-4(9,6(12,13)14)5(10,11)7(15,16)21(19,20)3-1-2-17-18-3/h1-2H,(H,17,18). The van der Waals surface area contributed by atoms with E-state index in [1.807, 2.05) is 0 Å². The fraction of sp³-hybridized carbons (Fsp3) is 0.571. The molecule has 4 nitrogen and oxygen atoms in total. The summed E-state index contributed by atoms with van der Waals surface area (Å²) in [6.07, 6.45) is -6.60. The van der Waals surface area contributed by atoms with Crippen molar-refractivity contribution in [2.24, 2.45) is 0 Å². The molecule has 0 unspecified atom stereocenters. The Morgan fingerprint density at radius 3 is 1.71 bits per heavy atom. The van der Waals surface area contributed by atoms with Crippen molar-refractivity contribution in [2.45, 2.75) is 28.3 Å². The molecule has 0 spiro atoms. The number of aromatic nitrogens is 2. The molecule has 1 aromatic rings. The van der Waals surface area contributed by atoms with Crippen LogP contribution in [-0.4, -0.2) is 41.9 Å². The first-order chi connectivity index (χ1) is 9.11. The maximum Gasteiger partial charge on any atom is 0.460 e. The Morgan fingerprint density at radius 2 is 1.38 bits per heavy atom. The molecule has 0 aliphatic rings. The van der Waals surface area contributed by atoms with Gasteiger partial charge in [0, 0.05) is 0 Å². The highest BCUT2D eigenvalue weighted by Crippen LogP contribution is 2.55. The van der Waals surface area contributed by atoms with Crippen LogP contribution in [0.2, 0.25) is 0 Å². The Kier molecular flexibility index (Phi) is 3.78. The molecule has 1 aromatic heterocycles. The first-order valence-corrected chi connectivity index (χ1v) is 6.03. The van der Waals surface area contributed by atoms with Gasteiger partial charge in [0.2, 0.25) is 0 Å². The van der Waals surface area contributed by atoms with E-state index in [0.717, 1.165) is 0 Å². The van der Waals surface area contributed by atoms with Crippen molar-refractivity contribution >= 4 is 9.84 Å². The van der Waals surface area contributed by atoms with Gasteiger partial charge in [0.05, 0.1) is 6.20 Å². The summed E-state index contributed by atoms with van der Waals surface area (Å²) in [6.45, 7) is 0. The number of hydrogen-bond donors (Lipinski definition) is 1. The van der Waals surface area contributed by atoms with Gasteiger partial charge in [-0.25, -0.2) is 8.42 Å². The number of H-pyrrole nitrogens is 1. The minimum Gasteiger partial charge on any atom is -0.267 e. The minimum absolute atomic E-state index is 0.186. The molecule has 122 valence electrons. The van der Waals surface area contributed by atoms with E-state index in [-0.39, 0.29) is 6.07 Å². The first-order valence-electron chi connectivity index (χ1n) is 4.55. The van der Waals surface area contributed by atoms with E-state index >= 15 is 0 Å². The van der Waals surface area contributed by atoms with Crippen molar-refractivity contribution in [3.05, 3.63) is 12.3 Å². The van der Waals surface area contributed by atoms with Gasteiger partial charge >= 0.3 is 23.3 Å². The van der Waals surface area contributed by atoms with E-state index in [4.69, 9.17) is 0 Å². The molecule has 0 aliphatic carbocycles. The quantitative estimate of drug-likeness (QED) is 0.850. The van der Waals surface area contributed by atoms with Gasteiger partial charge in [0.1, 0.15) is 0 Å². The van der Waals surface area contributed by atoms with E-state index in [1.54, 1.807) is 0 Å². The zero-order valence-corrected chi connectivity index (χ0v) is 10.0. The maximum absolute atomic E-state index is 13.2. The van der Waals surface area contributed by atoms with Crippen LogP contribution in [0.4, 0.5) is 39.5 Å². The van der Waals surface area contributed by atoms with Crippen molar-refractivity contribution in [1.82, 2.24) is 10.2 Å². The average molecular weight is 350 g/mol. The molecule has 0 atom stereocenters. The van der Waals surface area contributed by atoms with Crippen LogP contribution >= 0.6 is 0 Å². The SMILES string of the molecule is O=S(=O)(c1ccn[nH]1)C(F)(F)C(F)(F)C(F)(F)C(F)(F)F. The van der Waals surface area contributed by atoms with Gasteiger partial charge in [0.25, 0.3) is 9.84 Å². The van der Waals surface area contributed by atoms with Gasteiger partial charge in [-0.1, -0.05) is 0 Å². The zero-order valence-electron chi connectivity index (χ0n) is 9.23. The number of alkyl halides is 9. The fourth-order valence-electron chi connectivity index (χ4n) is 1.06. The smallest absolute Gasteiger partial charge is 0.267 e. The van der Waals surface area contributed by atoms with Crippen molar-refractivity contribution in [3.63, 3.8) is 0 Å². The van der Waals surface area contributed by atoms with Crippen LogP contribution in [-0.2, 0) is 9.84 Å². The molecule has 21 heavy (non-hydrogen) atoms. The third kappa shape index (κ3) is 2.24. The molecule has 0 amide bonds. The van der Waals surface area contributed by atoms with Crippen molar-refractivity contribution in [2.75, 3.05) is 0 Å². The van der Waals surface area contributed by atoms with E-state index in [1.165, 1.54) is 5.10 Å². The van der Waals surface area contributed by atoms with Gasteiger partial charge in [-0.05, 0) is 6.07 Å². The number of hydrogen-bond acceptors (Lipinski definition) is 3. The summed E-state index contributed by atoms with van der Waals surface area (Å²) < 4.78 is 135. The second-order valence-electron chi connectivity index (χ2n) is 3.59. The number of aromatic amines is 1. The lowest BCUT2D eigenvalue weighted by atomic mass is 10.1. The van der Waals surface area contributed by atoms with Crippen molar-refractivity contribution in [3.8, 4) is 0 Å². The van der Waals surface area contributed by atoms with E-state index in [9.17, 15) is 47.9 Å². The molecule has 0 aliphatic heterocycles. The van der Waals surface area contributed by atoms with Crippen molar-refractivity contribution in [1.29, 1.82) is 0 Å². The Labute approximate surface area is 109 Å². The predicted octanol–water partition coefficient (Wildman–Crippen LogP) is 2.61. The molecular weight excluding hydrogens is 347 g/mol. The lowest BCUT2D eigenvalue weighted by molar-refractivity contribution is -0.382. The van der Waals surface area contributed by atoms with Crippen LogP contribution in [0.25, 0.3) is 0 Å². The highest BCUT2D eigenvalue weighted by Gasteiger charge is 2.85. The van der Waals surface area contributed by atoms with Crippen LogP contribution < -0.4 is 0 Å². The molecule has 0 radical (unpaired) electrons. The van der Waals surface area contributed by atoms with Gasteiger partial charge < -0.3 is 0 Å². The highest BCUT2D eigenvalue weighted by atomic mass is 32.2. The molecule has 0 saturated carbocycles. The number of nitrogens with zero attached hydrogens (tertiary/aromatic N) is 1. The largest absolute Gasteiger partial charge is 0.460 e. The van der Waals surface area contributed by atoms with Crippen LogP contribution in [0.15, 0.2) is 17.3 Å². The Hall–Kier alpha value is -1.47. The summed E-state index contributed by atoms with van der Waals surface area (Å²) >= 11 is 0. The van der Waals surface area contributed by atoms with Crippen LogP contribution in [0.5, 0.6) is 0 Å². The van der Waals surface area contributed by atoms with Crippen LogP contribution in [0.1, 0.15) is 0 Å². The number of rotatable bonds is 4. The van der Waals surface area contributed by atoms with E-state index in [2.05, 4.69) is 5.10 Å². The third-order valence-electron chi connectivity index (χ3n) is 2.22. The summed E-state index contributed by atoms with van der Waals surface area (Å²) in [6, 6.07) is 0.186. The zero-order chi connectivity index (χ0) is 16.9. The van der Waals surface area contributed by atoms with E-state index < -0.39 is 38.1 Å².